The van der Waals surface area contributed by atoms with Gasteiger partial charge in [0.1, 0.15) is 11.6 Å². The number of carbonyl (C=O) groups is 1. The molecule has 1 unspecified atom stereocenters. The summed E-state index contributed by atoms with van der Waals surface area (Å²) >= 11 is 5.85. The maximum absolute atomic E-state index is 13.0. The van der Waals surface area contributed by atoms with Gasteiger partial charge in [0, 0.05) is 20.6 Å². The lowest BCUT2D eigenvalue weighted by Crippen LogP contribution is -2.14. The normalized spacial score (nSPS) is 12.6. The zero-order chi connectivity index (χ0) is 19.9. The topological polar surface area (TPSA) is 84.2 Å². The molecule has 0 amide bonds. The summed E-state index contributed by atoms with van der Waals surface area (Å²) in [7, 11) is -1.38. The Morgan fingerprint density at radius 3 is 2.63 bits per heavy atom. The highest BCUT2D eigenvalue weighted by Gasteiger charge is 2.41. The van der Waals surface area contributed by atoms with E-state index in [-0.39, 0.29) is 23.8 Å². The Morgan fingerprint density at radius 1 is 1.30 bits per heavy atom. The molecule has 27 heavy (non-hydrogen) atoms. The second-order valence-corrected chi connectivity index (χ2v) is 7.98. The first-order chi connectivity index (χ1) is 12.9. The van der Waals surface area contributed by atoms with Crippen molar-refractivity contribution >= 4 is 25.2 Å². The average molecular weight is 421 g/mol. The standard InChI is InChI=1S/C17H19ClFO7P/c1-22-27(21,23-2)17(15-5-3-9-25-15)26-16(20)6-4-10-24-14-8-7-12(19)11-13(14)18/h3,5,7-9,11,17H,4,6,10H2,1-2H3. The molecule has 0 aliphatic rings. The second kappa shape index (κ2) is 9.90. The summed E-state index contributed by atoms with van der Waals surface area (Å²) < 4.78 is 51.2. The van der Waals surface area contributed by atoms with Gasteiger partial charge in [-0.2, -0.15) is 0 Å². The van der Waals surface area contributed by atoms with Crippen molar-refractivity contribution in [1.82, 2.24) is 0 Å². The molecule has 1 atom stereocenters. The molecular weight excluding hydrogens is 402 g/mol. The summed E-state index contributed by atoms with van der Waals surface area (Å²) in [5.41, 5.74) is 0. The summed E-state index contributed by atoms with van der Waals surface area (Å²) in [5.74, 6) is -1.98. The fraction of sp³-hybridized carbons (Fsp3) is 0.353. The minimum Gasteiger partial charge on any atom is -0.492 e. The van der Waals surface area contributed by atoms with Crippen molar-refractivity contribution < 1.29 is 36.7 Å². The first-order valence-corrected chi connectivity index (χ1v) is 9.90. The molecule has 0 aliphatic carbocycles. The van der Waals surface area contributed by atoms with Crippen molar-refractivity contribution in [1.29, 1.82) is 0 Å². The third-order valence-electron chi connectivity index (χ3n) is 3.50. The van der Waals surface area contributed by atoms with E-state index < -0.39 is 25.2 Å². The van der Waals surface area contributed by atoms with Crippen molar-refractivity contribution in [2.24, 2.45) is 0 Å². The van der Waals surface area contributed by atoms with Gasteiger partial charge in [-0.05, 0) is 36.8 Å². The van der Waals surface area contributed by atoms with Gasteiger partial charge in [-0.25, -0.2) is 4.39 Å². The van der Waals surface area contributed by atoms with Crippen LogP contribution in [0.2, 0.25) is 5.02 Å². The molecule has 0 fully saturated rings. The molecule has 1 aromatic carbocycles. The quantitative estimate of drug-likeness (QED) is 0.305. The van der Waals surface area contributed by atoms with Crippen LogP contribution < -0.4 is 4.74 Å². The summed E-state index contributed by atoms with van der Waals surface area (Å²) in [6.07, 6.45) is 1.62. The van der Waals surface area contributed by atoms with Crippen molar-refractivity contribution in [3.63, 3.8) is 0 Å². The Balaban J connectivity index is 1.89. The van der Waals surface area contributed by atoms with E-state index in [0.29, 0.717) is 12.2 Å². The zero-order valence-corrected chi connectivity index (χ0v) is 16.4. The summed E-state index contributed by atoms with van der Waals surface area (Å²) in [4.78, 5) is 12.1. The van der Waals surface area contributed by atoms with Gasteiger partial charge in [-0.1, -0.05) is 11.6 Å². The molecule has 2 aromatic rings. The van der Waals surface area contributed by atoms with E-state index in [2.05, 4.69) is 0 Å². The van der Waals surface area contributed by atoms with Gasteiger partial charge < -0.3 is 22.9 Å². The van der Waals surface area contributed by atoms with Crippen molar-refractivity contribution in [3.05, 3.63) is 53.2 Å². The lowest BCUT2D eigenvalue weighted by molar-refractivity contribution is -0.147. The van der Waals surface area contributed by atoms with Crippen LogP contribution in [-0.4, -0.2) is 26.8 Å². The molecular formula is C17H19ClFO7P. The number of benzene rings is 1. The maximum atomic E-state index is 13.0. The summed E-state index contributed by atoms with van der Waals surface area (Å²) in [6, 6.07) is 6.81. The third-order valence-corrected chi connectivity index (χ3v) is 5.75. The molecule has 0 spiro atoms. The number of rotatable bonds is 10. The van der Waals surface area contributed by atoms with E-state index in [1.165, 1.54) is 38.7 Å². The van der Waals surface area contributed by atoms with E-state index in [1.54, 1.807) is 6.07 Å². The van der Waals surface area contributed by atoms with E-state index >= 15 is 0 Å². The van der Waals surface area contributed by atoms with Crippen molar-refractivity contribution in [2.75, 3.05) is 20.8 Å². The van der Waals surface area contributed by atoms with Crippen LogP contribution in [0.3, 0.4) is 0 Å². The molecule has 1 aromatic heterocycles. The van der Waals surface area contributed by atoms with Gasteiger partial charge in [0.2, 0.25) is 0 Å². The molecule has 148 valence electrons. The maximum Gasteiger partial charge on any atom is 0.378 e. The van der Waals surface area contributed by atoms with Crippen LogP contribution in [0.5, 0.6) is 5.75 Å². The number of carbonyl (C=O) groups excluding carboxylic acids is 1. The first-order valence-electron chi connectivity index (χ1n) is 7.91. The average Bonchev–Trinajstić information content (AvgIpc) is 3.18. The molecule has 1 heterocycles. The Hall–Kier alpha value is -1.86. The molecule has 2 rings (SSSR count). The fourth-order valence-corrected chi connectivity index (χ4v) is 3.61. The Kier molecular flexibility index (Phi) is 7.86. The van der Waals surface area contributed by atoms with Gasteiger partial charge in [0.15, 0.2) is 5.76 Å². The number of halogens is 2. The molecule has 0 radical (unpaired) electrons. The van der Waals surface area contributed by atoms with Crippen molar-refractivity contribution in [2.45, 2.75) is 18.7 Å². The van der Waals surface area contributed by atoms with Crippen molar-refractivity contribution in [3.8, 4) is 5.75 Å². The van der Waals surface area contributed by atoms with Crippen LogP contribution >= 0.6 is 19.2 Å². The van der Waals surface area contributed by atoms with Crippen LogP contribution in [0.4, 0.5) is 4.39 Å². The van der Waals surface area contributed by atoms with Gasteiger partial charge in [-0.3, -0.25) is 9.36 Å². The molecule has 0 N–H and O–H groups in total. The number of hydrogen-bond acceptors (Lipinski definition) is 7. The predicted molar refractivity (Wildman–Crippen MR) is 95.3 cm³/mol. The van der Waals surface area contributed by atoms with Crippen LogP contribution in [0.1, 0.15) is 24.4 Å². The lowest BCUT2D eigenvalue weighted by atomic mass is 10.3. The van der Waals surface area contributed by atoms with E-state index in [9.17, 15) is 13.8 Å². The van der Waals surface area contributed by atoms with E-state index in [1.807, 2.05) is 0 Å². The summed E-state index contributed by atoms with van der Waals surface area (Å²) in [5, 5.41) is 0.136. The number of ether oxygens (including phenoxy) is 2. The highest BCUT2D eigenvalue weighted by molar-refractivity contribution is 7.54. The third kappa shape index (κ3) is 5.81. The fourth-order valence-electron chi connectivity index (χ4n) is 2.15. The van der Waals surface area contributed by atoms with Crippen LogP contribution in [0.25, 0.3) is 0 Å². The molecule has 0 saturated heterocycles. The minimum absolute atomic E-state index is 0.0244. The predicted octanol–water partition coefficient (Wildman–Crippen LogP) is 4.96. The molecule has 7 nitrogen and oxygen atoms in total. The molecule has 0 saturated carbocycles. The highest BCUT2D eigenvalue weighted by atomic mass is 35.5. The highest BCUT2D eigenvalue weighted by Crippen LogP contribution is 2.60. The van der Waals surface area contributed by atoms with Gasteiger partial charge in [-0.15, -0.1) is 0 Å². The van der Waals surface area contributed by atoms with Crippen LogP contribution in [0, 0.1) is 5.82 Å². The first kappa shape index (κ1) is 21.4. The smallest absolute Gasteiger partial charge is 0.378 e. The Bertz CT molecular complexity index is 789. The van der Waals surface area contributed by atoms with Crippen LogP contribution in [-0.2, 0) is 23.1 Å². The Labute approximate surface area is 160 Å². The van der Waals surface area contributed by atoms with Gasteiger partial charge >= 0.3 is 13.6 Å². The van der Waals surface area contributed by atoms with E-state index in [4.69, 9.17) is 34.5 Å². The minimum atomic E-state index is -3.75. The second-order valence-electron chi connectivity index (χ2n) is 5.29. The van der Waals surface area contributed by atoms with Crippen LogP contribution in [0.15, 0.2) is 41.0 Å². The van der Waals surface area contributed by atoms with Gasteiger partial charge in [0.25, 0.3) is 5.85 Å². The molecule has 0 bridgehead atoms. The Morgan fingerprint density at radius 2 is 2.04 bits per heavy atom. The SMILES string of the molecule is COP(=O)(OC)C(OC(=O)CCCOc1ccc(F)cc1Cl)c1ccco1. The monoisotopic (exact) mass is 420 g/mol. The summed E-state index contributed by atoms with van der Waals surface area (Å²) in [6.45, 7) is 0.151. The number of hydrogen-bond donors (Lipinski definition) is 0. The molecule has 0 aliphatic heterocycles. The number of furan rings is 1. The van der Waals surface area contributed by atoms with Gasteiger partial charge in [0.05, 0.1) is 17.9 Å². The molecule has 10 heteroatoms. The van der Waals surface area contributed by atoms with E-state index in [0.717, 1.165) is 6.07 Å². The zero-order valence-electron chi connectivity index (χ0n) is 14.7. The number of esters is 1. The lowest BCUT2D eigenvalue weighted by Gasteiger charge is -2.22. The largest absolute Gasteiger partial charge is 0.492 e.